The molecule has 0 saturated carbocycles. The number of para-hydroxylation sites is 1. The predicted octanol–water partition coefficient (Wildman–Crippen LogP) is 4.43. The van der Waals surface area contributed by atoms with Crippen LogP contribution < -0.4 is 4.90 Å². The van der Waals surface area contributed by atoms with Crippen LogP contribution in [-0.4, -0.2) is 22.6 Å². The van der Waals surface area contributed by atoms with Gasteiger partial charge in [0.2, 0.25) is 0 Å². The number of aryl methyl sites for hydroxylation is 1. The molecule has 6 heteroatoms. The summed E-state index contributed by atoms with van der Waals surface area (Å²) in [4.78, 5) is 26.4. The zero-order valence-electron chi connectivity index (χ0n) is 13.6. The highest BCUT2D eigenvalue weighted by Crippen LogP contribution is 2.38. The van der Waals surface area contributed by atoms with Gasteiger partial charge in [-0.3, -0.25) is 14.9 Å². The number of hydrogen-bond acceptors (Lipinski definition) is 4. The maximum Gasteiger partial charge on any atom is 0.272 e. The number of thioether (sulfide) groups is 1. The zero-order chi connectivity index (χ0) is 17.3. The Morgan fingerprint density at radius 2 is 2.04 bits per heavy atom. The summed E-state index contributed by atoms with van der Waals surface area (Å²) in [6, 6.07) is 12.4. The summed E-state index contributed by atoms with van der Waals surface area (Å²) < 4.78 is 0. The van der Waals surface area contributed by atoms with Gasteiger partial charge in [-0.2, -0.15) is 0 Å². The quantitative estimate of drug-likeness (QED) is 0.598. The highest BCUT2D eigenvalue weighted by Gasteiger charge is 2.25. The normalized spacial score (nSPS) is 17.1. The minimum atomic E-state index is -0.427. The number of nitro groups is 1. The largest absolute Gasteiger partial charge is 0.307 e. The maximum atomic E-state index is 13.0. The van der Waals surface area contributed by atoms with Crippen LogP contribution in [0.4, 0.5) is 11.4 Å². The van der Waals surface area contributed by atoms with Crippen LogP contribution in [0.5, 0.6) is 0 Å². The van der Waals surface area contributed by atoms with Crippen molar-refractivity contribution in [3.05, 3.63) is 63.7 Å². The van der Waals surface area contributed by atoms with Gasteiger partial charge in [-0.1, -0.05) is 19.1 Å². The van der Waals surface area contributed by atoms with Crippen LogP contribution in [0.1, 0.15) is 29.3 Å². The van der Waals surface area contributed by atoms with Crippen LogP contribution in [-0.2, 0) is 0 Å². The van der Waals surface area contributed by atoms with E-state index in [2.05, 4.69) is 6.92 Å². The molecule has 0 aliphatic carbocycles. The first-order chi connectivity index (χ1) is 11.5. The van der Waals surface area contributed by atoms with E-state index in [1.54, 1.807) is 29.7 Å². The molecule has 1 aliphatic heterocycles. The van der Waals surface area contributed by atoms with Crippen molar-refractivity contribution >= 4 is 29.0 Å². The summed E-state index contributed by atoms with van der Waals surface area (Å²) in [6.07, 6.45) is 0.900. The van der Waals surface area contributed by atoms with Gasteiger partial charge >= 0.3 is 0 Å². The first kappa shape index (κ1) is 16.5. The van der Waals surface area contributed by atoms with E-state index in [-0.39, 0.29) is 11.6 Å². The standard InChI is InChI=1S/C18H18N2O3S/c1-12-11-14(7-8-15(12)20(22)23)18(21)19-10-9-13(2)24-17-6-4-3-5-16(17)19/h3-8,11,13H,9-10H2,1-2H3. The van der Waals surface area contributed by atoms with Crippen LogP contribution in [0.15, 0.2) is 47.4 Å². The highest BCUT2D eigenvalue weighted by atomic mass is 32.2. The first-order valence-electron chi connectivity index (χ1n) is 7.80. The van der Waals surface area contributed by atoms with Gasteiger partial charge in [0.15, 0.2) is 0 Å². The SMILES string of the molecule is Cc1cc(C(=O)N2CCC(C)Sc3ccccc32)ccc1[N+](=O)[O-]. The molecule has 124 valence electrons. The molecule has 1 aliphatic rings. The summed E-state index contributed by atoms with van der Waals surface area (Å²) in [5.41, 5.74) is 1.92. The molecular formula is C18H18N2O3S. The fourth-order valence-corrected chi connectivity index (χ4v) is 3.96. The molecule has 24 heavy (non-hydrogen) atoms. The molecule has 2 aromatic carbocycles. The van der Waals surface area contributed by atoms with E-state index in [0.29, 0.717) is 22.9 Å². The van der Waals surface area contributed by atoms with E-state index in [1.807, 2.05) is 24.3 Å². The van der Waals surface area contributed by atoms with E-state index in [4.69, 9.17) is 0 Å². The van der Waals surface area contributed by atoms with E-state index in [9.17, 15) is 14.9 Å². The fourth-order valence-electron chi connectivity index (χ4n) is 2.85. The summed E-state index contributed by atoms with van der Waals surface area (Å²) in [5.74, 6) is -0.116. The second kappa shape index (κ2) is 6.65. The molecule has 1 heterocycles. The molecule has 5 nitrogen and oxygen atoms in total. The Balaban J connectivity index is 1.98. The molecule has 1 atom stereocenters. The van der Waals surface area contributed by atoms with E-state index in [0.717, 1.165) is 17.0 Å². The third-order valence-electron chi connectivity index (χ3n) is 4.13. The van der Waals surface area contributed by atoms with Crippen molar-refractivity contribution in [3.8, 4) is 0 Å². The Hall–Kier alpha value is -2.34. The number of carbonyl (C=O) groups is 1. The molecule has 1 amide bonds. The Morgan fingerprint density at radius 1 is 1.29 bits per heavy atom. The van der Waals surface area contributed by atoms with Crippen LogP contribution in [0.3, 0.4) is 0 Å². The molecule has 0 spiro atoms. The number of anilines is 1. The van der Waals surface area contributed by atoms with Crippen molar-refractivity contribution in [2.75, 3.05) is 11.4 Å². The maximum absolute atomic E-state index is 13.0. The van der Waals surface area contributed by atoms with Gasteiger partial charge in [-0.05, 0) is 37.6 Å². The van der Waals surface area contributed by atoms with Crippen molar-refractivity contribution < 1.29 is 9.72 Å². The minimum absolute atomic E-state index is 0.0343. The lowest BCUT2D eigenvalue weighted by atomic mass is 10.1. The van der Waals surface area contributed by atoms with Crippen molar-refractivity contribution in [1.29, 1.82) is 0 Å². The van der Waals surface area contributed by atoms with Gasteiger partial charge < -0.3 is 4.90 Å². The number of amides is 1. The third-order valence-corrected chi connectivity index (χ3v) is 5.37. The molecule has 1 unspecified atom stereocenters. The zero-order valence-corrected chi connectivity index (χ0v) is 14.4. The average molecular weight is 342 g/mol. The van der Waals surface area contributed by atoms with Gasteiger partial charge in [0.25, 0.3) is 11.6 Å². The summed E-state index contributed by atoms with van der Waals surface area (Å²) in [5, 5.41) is 11.4. The second-order valence-corrected chi connectivity index (χ2v) is 7.38. The molecule has 0 radical (unpaired) electrons. The molecular weight excluding hydrogens is 324 g/mol. The van der Waals surface area contributed by atoms with Crippen LogP contribution in [0.25, 0.3) is 0 Å². The Labute approximate surface area is 144 Å². The van der Waals surface area contributed by atoms with Gasteiger partial charge in [0, 0.05) is 33.9 Å². The number of nitro benzene ring substituents is 1. The van der Waals surface area contributed by atoms with Crippen LogP contribution in [0.2, 0.25) is 0 Å². The average Bonchev–Trinajstić information content (AvgIpc) is 2.72. The van der Waals surface area contributed by atoms with Crippen molar-refractivity contribution in [2.24, 2.45) is 0 Å². The lowest BCUT2D eigenvalue weighted by Gasteiger charge is -2.22. The van der Waals surface area contributed by atoms with E-state index < -0.39 is 4.92 Å². The van der Waals surface area contributed by atoms with Gasteiger partial charge in [-0.25, -0.2) is 0 Å². The summed E-state index contributed by atoms with van der Waals surface area (Å²) in [7, 11) is 0. The van der Waals surface area contributed by atoms with Gasteiger partial charge in [0.1, 0.15) is 0 Å². The molecule has 0 fully saturated rings. The monoisotopic (exact) mass is 342 g/mol. The predicted molar refractivity (Wildman–Crippen MR) is 95.9 cm³/mol. The third kappa shape index (κ3) is 3.14. The summed E-state index contributed by atoms with van der Waals surface area (Å²) >= 11 is 1.78. The molecule has 0 bridgehead atoms. The molecule has 0 saturated heterocycles. The number of hydrogen-bond donors (Lipinski definition) is 0. The Morgan fingerprint density at radius 3 is 2.75 bits per heavy atom. The number of benzene rings is 2. The minimum Gasteiger partial charge on any atom is -0.307 e. The summed E-state index contributed by atoms with van der Waals surface area (Å²) in [6.45, 7) is 4.45. The van der Waals surface area contributed by atoms with Crippen molar-refractivity contribution in [3.63, 3.8) is 0 Å². The first-order valence-corrected chi connectivity index (χ1v) is 8.68. The Kier molecular flexibility index (Phi) is 4.57. The van der Waals surface area contributed by atoms with Gasteiger partial charge in [0.05, 0.1) is 10.6 Å². The van der Waals surface area contributed by atoms with Crippen molar-refractivity contribution in [1.82, 2.24) is 0 Å². The number of carbonyl (C=O) groups excluding carboxylic acids is 1. The number of nitrogens with zero attached hydrogens (tertiary/aromatic N) is 2. The molecule has 2 aromatic rings. The van der Waals surface area contributed by atoms with E-state index in [1.165, 1.54) is 12.1 Å². The second-order valence-electron chi connectivity index (χ2n) is 5.90. The lowest BCUT2D eigenvalue weighted by molar-refractivity contribution is -0.385. The molecule has 0 aromatic heterocycles. The highest BCUT2D eigenvalue weighted by molar-refractivity contribution is 8.00. The van der Waals surface area contributed by atoms with Crippen LogP contribution >= 0.6 is 11.8 Å². The van der Waals surface area contributed by atoms with Crippen molar-refractivity contribution in [2.45, 2.75) is 30.4 Å². The smallest absolute Gasteiger partial charge is 0.272 e. The van der Waals surface area contributed by atoms with E-state index >= 15 is 0 Å². The Bertz CT molecular complexity index is 807. The number of fused-ring (bicyclic) bond motifs is 1. The fraction of sp³-hybridized carbons (Fsp3) is 0.278. The molecule has 0 N–H and O–H groups in total. The van der Waals surface area contributed by atoms with Crippen LogP contribution in [0, 0.1) is 17.0 Å². The molecule has 3 rings (SSSR count). The topological polar surface area (TPSA) is 63.5 Å². The lowest BCUT2D eigenvalue weighted by Crippen LogP contribution is -2.32. The van der Waals surface area contributed by atoms with Gasteiger partial charge in [-0.15, -0.1) is 11.8 Å². The number of rotatable bonds is 2.